The second-order valence-electron chi connectivity index (χ2n) is 5.67. The Morgan fingerprint density at radius 1 is 1.50 bits per heavy atom. The Kier molecular flexibility index (Phi) is 6.85. The van der Waals surface area contributed by atoms with Gasteiger partial charge in [-0.25, -0.2) is 9.78 Å². The molecule has 28 heavy (non-hydrogen) atoms. The van der Waals surface area contributed by atoms with E-state index in [0.29, 0.717) is 22.2 Å². The number of β-lactam (4-membered cyclic amide) rings is 1. The van der Waals surface area contributed by atoms with Gasteiger partial charge in [-0.2, -0.15) is 4.99 Å². The third kappa shape index (κ3) is 4.20. The molecule has 2 amide bonds. The second-order valence-corrected chi connectivity index (χ2v) is 7.61. The van der Waals surface area contributed by atoms with Crippen molar-refractivity contribution in [3.05, 3.63) is 35.0 Å². The van der Waals surface area contributed by atoms with Crippen molar-refractivity contribution >= 4 is 69.0 Å². The average Bonchev–Trinajstić information content (AvgIpc) is 3.03. The number of amides is 2. The molecular formula is C15H17BrN6O4S2. The van der Waals surface area contributed by atoms with Gasteiger partial charge in [0.15, 0.2) is 5.96 Å². The van der Waals surface area contributed by atoms with E-state index >= 15 is 0 Å². The number of guanidine groups is 1. The number of nitrogens with one attached hydrogen (secondary N) is 1. The maximum atomic E-state index is 12.4. The number of carbonyl (C=O) groups excluding carboxylic acids is 2. The minimum Gasteiger partial charge on any atom is -0.477 e. The van der Waals surface area contributed by atoms with Crippen LogP contribution in [-0.2, 0) is 20.8 Å². The summed E-state index contributed by atoms with van der Waals surface area (Å²) in [7, 11) is 0. The van der Waals surface area contributed by atoms with Crippen molar-refractivity contribution in [3.8, 4) is 0 Å². The summed E-state index contributed by atoms with van der Waals surface area (Å²) in [4.78, 5) is 45.2. The molecule has 2 atom stereocenters. The van der Waals surface area contributed by atoms with Crippen LogP contribution in [0.5, 0.6) is 0 Å². The maximum absolute atomic E-state index is 12.4. The molecule has 1 fully saturated rings. The lowest BCUT2D eigenvalue weighted by atomic mass is 10.0. The summed E-state index contributed by atoms with van der Waals surface area (Å²) in [6, 6.07) is -0.779. The van der Waals surface area contributed by atoms with Crippen LogP contribution >= 0.6 is 40.1 Å². The van der Waals surface area contributed by atoms with Gasteiger partial charge in [-0.3, -0.25) is 14.5 Å². The molecular weight excluding hydrogens is 472 g/mol. The molecule has 0 bridgehead atoms. The van der Waals surface area contributed by atoms with Crippen molar-refractivity contribution in [1.29, 1.82) is 0 Å². The first-order chi connectivity index (χ1) is 12.8. The van der Waals surface area contributed by atoms with Gasteiger partial charge < -0.3 is 21.9 Å². The molecule has 0 saturated carbocycles. The lowest BCUT2D eigenvalue weighted by molar-refractivity contribution is -0.150. The van der Waals surface area contributed by atoms with E-state index in [4.69, 9.17) is 11.5 Å². The second kappa shape index (κ2) is 8.75. The van der Waals surface area contributed by atoms with Crippen LogP contribution in [0.3, 0.4) is 0 Å². The minimum atomic E-state index is -1.19. The zero-order valence-electron chi connectivity index (χ0n) is 14.3. The van der Waals surface area contributed by atoms with E-state index in [-0.39, 0.29) is 35.1 Å². The summed E-state index contributed by atoms with van der Waals surface area (Å²) in [6.07, 6.45) is 1.39. The van der Waals surface area contributed by atoms with E-state index in [1.165, 1.54) is 34.1 Å². The highest BCUT2D eigenvalue weighted by molar-refractivity contribution is 8.93. The average molecular weight is 489 g/mol. The van der Waals surface area contributed by atoms with Crippen LogP contribution in [0.1, 0.15) is 5.69 Å². The number of nitrogens with two attached hydrogens (primary N) is 2. The molecule has 0 radical (unpaired) electrons. The summed E-state index contributed by atoms with van der Waals surface area (Å²) >= 11 is 2.56. The molecule has 1 aromatic rings. The molecule has 2 aliphatic rings. The minimum absolute atomic E-state index is 0. The van der Waals surface area contributed by atoms with Crippen LogP contribution in [-0.4, -0.2) is 55.9 Å². The molecule has 0 aromatic carbocycles. The van der Waals surface area contributed by atoms with E-state index in [1.54, 1.807) is 5.38 Å². The summed E-state index contributed by atoms with van der Waals surface area (Å²) < 4.78 is 0. The number of aromatic nitrogens is 1. The quantitative estimate of drug-likeness (QED) is 0.248. The van der Waals surface area contributed by atoms with Crippen LogP contribution in [0.4, 0.5) is 5.13 Å². The number of thioether (sulfide) groups is 1. The predicted molar refractivity (Wildman–Crippen MR) is 111 cm³/mol. The van der Waals surface area contributed by atoms with Crippen LogP contribution < -0.4 is 16.8 Å². The summed E-state index contributed by atoms with van der Waals surface area (Å²) in [5.74, 6) is -1.78. The first kappa shape index (κ1) is 21.9. The first-order valence-corrected chi connectivity index (χ1v) is 9.61. The lowest BCUT2D eigenvalue weighted by Gasteiger charge is -2.49. The van der Waals surface area contributed by atoms with Gasteiger partial charge in [0, 0.05) is 11.1 Å². The van der Waals surface area contributed by atoms with Gasteiger partial charge in [-0.15, -0.1) is 40.1 Å². The van der Waals surface area contributed by atoms with Gasteiger partial charge >= 0.3 is 5.97 Å². The summed E-state index contributed by atoms with van der Waals surface area (Å²) in [6.45, 7) is 3.59. The molecule has 0 spiro atoms. The predicted octanol–water partition coefficient (Wildman–Crippen LogP) is 0.0930. The fraction of sp³-hybridized carbons (Fsp3) is 0.267. The Labute approximate surface area is 178 Å². The normalized spacial score (nSPS) is 20.4. The van der Waals surface area contributed by atoms with Crippen LogP contribution in [0, 0.1) is 0 Å². The number of hydrogen-bond acceptors (Lipinski definition) is 7. The topological polar surface area (TPSA) is 164 Å². The van der Waals surface area contributed by atoms with Gasteiger partial charge in [0.2, 0.25) is 11.0 Å². The summed E-state index contributed by atoms with van der Waals surface area (Å²) in [5.41, 5.74) is 11.4. The zero-order valence-corrected chi connectivity index (χ0v) is 17.7. The van der Waals surface area contributed by atoms with E-state index in [1.807, 2.05) is 0 Å². The Morgan fingerprint density at radius 3 is 2.82 bits per heavy atom. The largest absolute Gasteiger partial charge is 0.477 e. The van der Waals surface area contributed by atoms with Crippen LogP contribution in [0.15, 0.2) is 34.3 Å². The van der Waals surface area contributed by atoms with Crippen LogP contribution in [0.25, 0.3) is 0 Å². The molecule has 10 nitrogen and oxygen atoms in total. The number of thiazole rings is 1. The van der Waals surface area contributed by atoms with E-state index in [0.717, 1.165) is 0 Å². The Morgan fingerprint density at radius 2 is 2.21 bits per heavy atom. The van der Waals surface area contributed by atoms with Gasteiger partial charge in [0.1, 0.15) is 17.1 Å². The zero-order chi connectivity index (χ0) is 19.7. The van der Waals surface area contributed by atoms with Crippen molar-refractivity contribution in [3.63, 3.8) is 0 Å². The molecule has 1 saturated heterocycles. The van der Waals surface area contributed by atoms with Gasteiger partial charge in [0.05, 0.1) is 12.1 Å². The van der Waals surface area contributed by atoms with Gasteiger partial charge in [0.25, 0.3) is 5.91 Å². The monoisotopic (exact) mass is 488 g/mol. The standard InChI is InChI=1S/C15H16N6O4S2.BrH/c1-2-6-4-26-12-9(11(23)21(12)10(6)13(24)25)19-8(22)3-7-5-27-15(18-7)20-14(16)17;/h2,5,9,12H,1,3-4H2,(H,19,22)(H,24,25)(H4,16,17,18,20);1H/t9?,12-;/m0./s1. The van der Waals surface area contributed by atoms with Crippen molar-refractivity contribution < 1.29 is 19.5 Å². The number of hydrogen-bond donors (Lipinski definition) is 4. The highest BCUT2D eigenvalue weighted by Crippen LogP contribution is 2.40. The number of carbonyl (C=O) groups is 3. The molecule has 13 heteroatoms. The molecule has 3 heterocycles. The highest BCUT2D eigenvalue weighted by atomic mass is 79.9. The van der Waals surface area contributed by atoms with E-state index < -0.39 is 29.2 Å². The Balaban J connectivity index is 0.00000280. The fourth-order valence-corrected chi connectivity index (χ4v) is 4.77. The van der Waals surface area contributed by atoms with Crippen LogP contribution in [0.2, 0.25) is 0 Å². The van der Waals surface area contributed by atoms with Crippen molar-refractivity contribution in [2.75, 3.05) is 5.75 Å². The molecule has 150 valence electrons. The van der Waals surface area contributed by atoms with Crippen molar-refractivity contribution in [1.82, 2.24) is 15.2 Å². The fourth-order valence-electron chi connectivity index (χ4n) is 2.73. The molecule has 0 aliphatic carbocycles. The molecule has 2 aliphatic heterocycles. The van der Waals surface area contributed by atoms with E-state index in [2.05, 4.69) is 21.9 Å². The lowest BCUT2D eigenvalue weighted by Crippen LogP contribution is -2.70. The SMILES string of the molecule is Br.C=CC1=C(C(=O)O)N2C(=O)C(NC(=O)Cc3csc(N=C(N)N)n3)[C@@H]2SC1. The number of rotatable bonds is 6. The highest BCUT2D eigenvalue weighted by Gasteiger charge is 2.53. The van der Waals surface area contributed by atoms with Gasteiger partial charge in [-0.05, 0) is 5.57 Å². The molecule has 3 rings (SSSR count). The van der Waals surface area contributed by atoms with Gasteiger partial charge in [-0.1, -0.05) is 12.7 Å². The number of halogens is 1. The number of aliphatic carboxylic acids is 1. The molecule has 6 N–H and O–H groups in total. The third-order valence-corrected chi connectivity index (χ3v) is 5.95. The number of carboxylic acids is 1. The number of aliphatic imine (C=N–C) groups is 1. The third-order valence-electron chi connectivity index (χ3n) is 3.87. The van der Waals surface area contributed by atoms with E-state index in [9.17, 15) is 19.5 Å². The number of allylic oxidation sites excluding steroid dienone is 1. The Hall–Kier alpha value is -2.38. The Bertz CT molecular complexity index is 895. The number of nitrogens with zero attached hydrogens (tertiary/aromatic N) is 3. The van der Waals surface area contributed by atoms with Crippen molar-refractivity contribution in [2.45, 2.75) is 17.8 Å². The first-order valence-electron chi connectivity index (χ1n) is 7.68. The number of fused-ring (bicyclic) bond motifs is 1. The smallest absolute Gasteiger partial charge is 0.352 e. The number of carboxylic acid groups (broad SMARTS) is 1. The summed E-state index contributed by atoms with van der Waals surface area (Å²) in [5, 5.41) is 13.5. The molecule has 1 unspecified atom stereocenters. The van der Waals surface area contributed by atoms with Crippen molar-refractivity contribution in [2.24, 2.45) is 16.5 Å². The molecule has 1 aromatic heterocycles. The maximum Gasteiger partial charge on any atom is 0.352 e.